The maximum absolute atomic E-state index is 12.2. The number of anilines is 1. The highest BCUT2D eigenvalue weighted by molar-refractivity contribution is 9.10. The monoisotopic (exact) mass is 345 g/mol. The zero-order valence-electron chi connectivity index (χ0n) is 11.5. The van der Waals surface area contributed by atoms with Gasteiger partial charge < -0.3 is 10.2 Å². The van der Waals surface area contributed by atoms with Crippen LogP contribution in [0.15, 0.2) is 53.1 Å². The van der Waals surface area contributed by atoms with Gasteiger partial charge in [-0.15, -0.1) is 0 Å². The molecule has 1 N–H and O–H groups in total. The summed E-state index contributed by atoms with van der Waals surface area (Å²) in [6, 6.07) is 13.5. The van der Waals surface area contributed by atoms with Crippen LogP contribution >= 0.6 is 15.9 Å². The van der Waals surface area contributed by atoms with E-state index >= 15 is 0 Å². The first-order chi connectivity index (χ1) is 10.2. The predicted octanol–water partition coefficient (Wildman–Crippen LogP) is 2.85. The second-order valence-corrected chi connectivity index (χ2v) is 6.02. The second-order valence-electron chi connectivity index (χ2n) is 5.10. The predicted molar refractivity (Wildman–Crippen MR) is 86.5 cm³/mol. The molecule has 1 aliphatic rings. The number of nitrogens with one attached hydrogen (secondary N) is 1. The fraction of sp³-hybridized carbons (Fsp3) is 0.250. The summed E-state index contributed by atoms with van der Waals surface area (Å²) in [6.07, 6.45) is 2.74. The first kappa shape index (κ1) is 14.1. The Morgan fingerprint density at radius 2 is 2.05 bits per heavy atom. The van der Waals surface area contributed by atoms with Gasteiger partial charge in [-0.3, -0.25) is 4.79 Å². The molecule has 5 heteroatoms. The summed E-state index contributed by atoms with van der Waals surface area (Å²) in [6.45, 7) is 1.72. The third kappa shape index (κ3) is 3.42. The number of amides is 1. The molecule has 0 aliphatic carbocycles. The molecule has 1 amide bonds. The topological polar surface area (TPSA) is 45.2 Å². The van der Waals surface area contributed by atoms with E-state index in [1.54, 1.807) is 6.20 Å². The highest BCUT2D eigenvalue weighted by atomic mass is 79.9. The van der Waals surface area contributed by atoms with Crippen molar-refractivity contribution in [3.05, 3.63) is 58.7 Å². The Bertz CT molecular complexity index is 615. The van der Waals surface area contributed by atoms with Crippen LogP contribution in [-0.2, 0) is 0 Å². The summed E-state index contributed by atoms with van der Waals surface area (Å²) in [5.74, 6) is 0.952. The molecule has 3 rings (SSSR count). The third-order valence-corrected chi connectivity index (χ3v) is 4.13. The van der Waals surface area contributed by atoms with Crippen molar-refractivity contribution in [3.8, 4) is 0 Å². The van der Waals surface area contributed by atoms with Crippen molar-refractivity contribution in [3.63, 3.8) is 0 Å². The number of halogens is 1. The van der Waals surface area contributed by atoms with Gasteiger partial charge >= 0.3 is 0 Å². The van der Waals surface area contributed by atoms with Gasteiger partial charge in [0.2, 0.25) is 0 Å². The van der Waals surface area contributed by atoms with Gasteiger partial charge in [0.1, 0.15) is 5.82 Å². The number of nitrogens with zero attached hydrogens (tertiary/aromatic N) is 2. The van der Waals surface area contributed by atoms with Gasteiger partial charge in [0.25, 0.3) is 5.91 Å². The van der Waals surface area contributed by atoms with E-state index in [4.69, 9.17) is 0 Å². The molecular weight excluding hydrogens is 330 g/mol. The quantitative estimate of drug-likeness (QED) is 0.930. The van der Waals surface area contributed by atoms with Gasteiger partial charge in [0, 0.05) is 35.4 Å². The molecule has 4 nitrogen and oxygen atoms in total. The molecule has 0 saturated carbocycles. The van der Waals surface area contributed by atoms with Crippen LogP contribution in [0.2, 0.25) is 0 Å². The van der Waals surface area contributed by atoms with Gasteiger partial charge in [-0.2, -0.15) is 0 Å². The summed E-state index contributed by atoms with van der Waals surface area (Å²) in [5, 5.41) is 3.09. The number of rotatable bonds is 3. The molecule has 2 aromatic rings. The summed E-state index contributed by atoms with van der Waals surface area (Å²) in [7, 11) is 0. The van der Waals surface area contributed by atoms with Crippen molar-refractivity contribution in [1.29, 1.82) is 0 Å². The van der Waals surface area contributed by atoms with Gasteiger partial charge in [-0.25, -0.2) is 4.98 Å². The summed E-state index contributed by atoms with van der Waals surface area (Å²) < 4.78 is 0.973. The van der Waals surface area contributed by atoms with Crippen LogP contribution < -0.4 is 10.2 Å². The molecule has 21 heavy (non-hydrogen) atoms. The number of hydrogen-bond acceptors (Lipinski definition) is 3. The number of aromatic nitrogens is 1. The van der Waals surface area contributed by atoms with Crippen LogP contribution in [0.4, 0.5) is 5.82 Å². The highest BCUT2D eigenvalue weighted by Crippen LogP contribution is 2.18. The molecule has 1 aromatic heterocycles. The standard InChI is InChI=1S/C16H16BrN3O/c17-13-6-4-12(5-7-13)16(21)19-14-8-10-20(11-14)15-3-1-2-9-18-15/h1-7,9,14H,8,10-11H2,(H,19,21). The van der Waals surface area contributed by atoms with Crippen LogP contribution in [0, 0.1) is 0 Å². The van der Waals surface area contributed by atoms with Crippen molar-refractivity contribution < 1.29 is 4.79 Å². The molecule has 1 atom stereocenters. The van der Waals surface area contributed by atoms with Crippen molar-refractivity contribution in [2.24, 2.45) is 0 Å². The van der Waals surface area contributed by atoms with E-state index in [1.165, 1.54) is 0 Å². The molecule has 1 fully saturated rings. The second kappa shape index (κ2) is 6.26. The Balaban J connectivity index is 1.60. The van der Waals surface area contributed by atoms with Crippen LogP contribution in [0.3, 0.4) is 0 Å². The van der Waals surface area contributed by atoms with Crippen molar-refractivity contribution in [2.45, 2.75) is 12.5 Å². The van der Waals surface area contributed by atoms with E-state index in [0.29, 0.717) is 5.56 Å². The minimum atomic E-state index is -0.0182. The molecule has 2 heterocycles. The van der Waals surface area contributed by atoms with E-state index in [2.05, 4.69) is 31.1 Å². The Hall–Kier alpha value is -1.88. The molecule has 1 unspecified atom stereocenters. The smallest absolute Gasteiger partial charge is 0.251 e. The minimum Gasteiger partial charge on any atom is -0.354 e. The minimum absolute atomic E-state index is 0.0182. The fourth-order valence-corrected chi connectivity index (χ4v) is 2.76. The lowest BCUT2D eigenvalue weighted by atomic mass is 10.2. The first-order valence-electron chi connectivity index (χ1n) is 6.95. The lowest BCUT2D eigenvalue weighted by Crippen LogP contribution is -2.37. The number of carbonyl (C=O) groups excluding carboxylic acids is 1. The van der Waals surface area contributed by atoms with Crippen molar-refractivity contribution >= 4 is 27.7 Å². The van der Waals surface area contributed by atoms with Gasteiger partial charge in [0.05, 0.1) is 0 Å². The maximum Gasteiger partial charge on any atom is 0.251 e. The Morgan fingerprint density at radius 1 is 1.24 bits per heavy atom. The van der Waals surface area contributed by atoms with Crippen LogP contribution in [0.5, 0.6) is 0 Å². The summed E-state index contributed by atoms with van der Waals surface area (Å²) >= 11 is 3.37. The zero-order valence-corrected chi connectivity index (χ0v) is 13.1. The first-order valence-corrected chi connectivity index (χ1v) is 7.74. The Kier molecular flexibility index (Phi) is 4.20. The van der Waals surface area contributed by atoms with E-state index in [-0.39, 0.29) is 11.9 Å². The number of pyridine rings is 1. The van der Waals surface area contributed by atoms with Crippen LogP contribution in [0.1, 0.15) is 16.8 Å². The molecule has 0 bridgehead atoms. The van der Waals surface area contributed by atoms with E-state index < -0.39 is 0 Å². The van der Waals surface area contributed by atoms with Gasteiger partial charge in [0.15, 0.2) is 0 Å². The average molecular weight is 346 g/mol. The zero-order chi connectivity index (χ0) is 14.7. The molecule has 0 radical (unpaired) electrons. The molecular formula is C16H16BrN3O. The average Bonchev–Trinajstić information content (AvgIpc) is 2.97. The van der Waals surface area contributed by atoms with Crippen LogP contribution in [-0.4, -0.2) is 30.0 Å². The molecule has 108 valence electrons. The Morgan fingerprint density at radius 3 is 2.76 bits per heavy atom. The third-order valence-electron chi connectivity index (χ3n) is 3.60. The number of benzene rings is 1. The highest BCUT2D eigenvalue weighted by Gasteiger charge is 2.24. The number of carbonyl (C=O) groups is 1. The Labute approximate surface area is 132 Å². The largest absolute Gasteiger partial charge is 0.354 e. The van der Waals surface area contributed by atoms with Gasteiger partial charge in [-0.05, 0) is 42.8 Å². The summed E-state index contributed by atoms with van der Waals surface area (Å²) in [5.41, 5.74) is 0.689. The molecule has 1 aromatic carbocycles. The van der Waals surface area contributed by atoms with Crippen molar-refractivity contribution in [2.75, 3.05) is 18.0 Å². The van der Waals surface area contributed by atoms with E-state index in [1.807, 2.05) is 42.5 Å². The molecule has 1 saturated heterocycles. The SMILES string of the molecule is O=C(NC1CCN(c2ccccn2)C1)c1ccc(Br)cc1. The lowest BCUT2D eigenvalue weighted by Gasteiger charge is -2.17. The number of hydrogen-bond donors (Lipinski definition) is 1. The van der Waals surface area contributed by atoms with Crippen molar-refractivity contribution in [1.82, 2.24) is 10.3 Å². The van der Waals surface area contributed by atoms with E-state index in [9.17, 15) is 4.79 Å². The lowest BCUT2D eigenvalue weighted by molar-refractivity contribution is 0.0940. The molecule has 1 aliphatic heterocycles. The maximum atomic E-state index is 12.2. The fourth-order valence-electron chi connectivity index (χ4n) is 2.50. The van der Waals surface area contributed by atoms with Gasteiger partial charge in [-0.1, -0.05) is 22.0 Å². The van der Waals surface area contributed by atoms with Crippen LogP contribution in [0.25, 0.3) is 0 Å². The normalized spacial score (nSPS) is 17.8. The molecule has 0 spiro atoms. The van der Waals surface area contributed by atoms with E-state index in [0.717, 1.165) is 29.8 Å². The summed E-state index contributed by atoms with van der Waals surface area (Å²) in [4.78, 5) is 18.7.